The minimum Gasteiger partial charge on any atom is -0.379 e. The van der Waals surface area contributed by atoms with Crippen LogP contribution in [0.1, 0.15) is 21.5 Å². The number of aromatic nitrogens is 2. The average Bonchev–Trinajstić information content (AvgIpc) is 3.30. The molecule has 0 spiro atoms. The van der Waals surface area contributed by atoms with Crippen LogP contribution in [-0.4, -0.2) is 61.6 Å². The van der Waals surface area contributed by atoms with Gasteiger partial charge >= 0.3 is 0 Å². The molecule has 0 aliphatic carbocycles. The number of ketones is 1. The third-order valence-electron chi connectivity index (χ3n) is 5.02. The van der Waals surface area contributed by atoms with E-state index in [4.69, 9.17) is 4.74 Å². The largest absolute Gasteiger partial charge is 0.379 e. The van der Waals surface area contributed by atoms with Crippen molar-refractivity contribution in [3.8, 4) is 0 Å². The van der Waals surface area contributed by atoms with Crippen LogP contribution in [0.5, 0.6) is 0 Å². The molecule has 4 rings (SSSR count). The molecule has 174 valence electrons. The molecule has 33 heavy (non-hydrogen) atoms. The molecule has 0 atom stereocenters. The number of morpholine rings is 1. The van der Waals surface area contributed by atoms with Gasteiger partial charge < -0.3 is 10.1 Å². The molecule has 1 N–H and O–H groups in total. The summed E-state index contributed by atoms with van der Waals surface area (Å²) in [6.45, 7) is 3.42. The molecule has 3 aromatic rings. The van der Waals surface area contributed by atoms with E-state index < -0.39 is 10.0 Å². The van der Waals surface area contributed by atoms with Crippen LogP contribution in [-0.2, 0) is 20.5 Å². The fourth-order valence-electron chi connectivity index (χ4n) is 3.31. The molecule has 1 aliphatic heterocycles. The molecule has 0 radical (unpaired) electrons. The third-order valence-corrected chi connectivity index (χ3v) is 9.00. The van der Waals surface area contributed by atoms with Crippen molar-refractivity contribution in [2.45, 2.75) is 21.9 Å². The summed E-state index contributed by atoms with van der Waals surface area (Å²) in [6, 6.07) is 14.5. The van der Waals surface area contributed by atoms with Gasteiger partial charge in [-0.2, -0.15) is 4.31 Å². The fraction of sp³-hybridized carbons (Fsp3) is 0.318. The highest BCUT2D eigenvalue weighted by molar-refractivity contribution is 8.00. The molecule has 1 fully saturated rings. The number of ether oxygens (including phenoxy) is 1. The molecule has 2 aromatic carbocycles. The molecular formula is C22H24N4O4S3. The van der Waals surface area contributed by atoms with E-state index in [0.29, 0.717) is 37.0 Å². The molecule has 8 nitrogen and oxygen atoms in total. The summed E-state index contributed by atoms with van der Waals surface area (Å²) >= 11 is 2.97. The second-order valence-corrected chi connectivity index (χ2v) is 11.6. The van der Waals surface area contributed by atoms with Gasteiger partial charge in [0.2, 0.25) is 15.2 Å². The van der Waals surface area contributed by atoms with Crippen molar-refractivity contribution in [3.05, 3.63) is 65.2 Å². The predicted octanol–water partition coefficient (Wildman–Crippen LogP) is 3.45. The molecule has 1 aromatic heterocycles. The van der Waals surface area contributed by atoms with Gasteiger partial charge in [0.15, 0.2) is 10.1 Å². The van der Waals surface area contributed by atoms with Gasteiger partial charge in [-0.25, -0.2) is 8.42 Å². The van der Waals surface area contributed by atoms with Gasteiger partial charge in [-0.1, -0.05) is 65.1 Å². The van der Waals surface area contributed by atoms with Gasteiger partial charge in [0.1, 0.15) is 0 Å². The minimum atomic E-state index is -3.66. The molecule has 1 saturated heterocycles. The summed E-state index contributed by atoms with van der Waals surface area (Å²) in [6.07, 6.45) is 0. The Bertz CT molecular complexity index is 1220. The molecule has 0 bridgehead atoms. The van der Waals surface area contributed by atoms with Crippen LogP contribution in [0.15, 0.2) is 57.8 Å². The van der Waals surface area contributed by atoms with E-state index >= 15 is 0 Å². The Kier molecular flexibility index (Phi) is 7.76. The highest BCUT2D eigenvalue weighted by Gasteiger charge is 2.26. The third kappa shape index (κ3) is 6.18. The summed E-state index contributed by atoms with van der Waals surface area (Å²) in [5, 5.41) is 11.8. The number of rotatable bonds is 9. The quantitative estimate of drug-likeness (QED) is 0.349. The van der Waals surface area contributed by atoms with Crippen LogP contribution < -0.4 is 5.32 Å². The number of anilines is 1. The van der Waals surface area contributed by atoms with Gasteiger partial charge in [0, 0.05) is 24.4 Å². The molecular weight excluding hydrogens is 480 g/mol. The first kappa shape index (κ1) is 23.8. The standard InChI is InChI=1S/C22H24N4O4S3/c1-16-4-2-5-17(12-16)15-31-22-25-24-21(32-22)23-14-20(27)18-6-3-7-19(13-18)33(28,29)26-8-10-30-11-9-26/h2-7,12-13H,8-11,14-15H2,1H3,(H,23,24). The van der Waals surface area contributed by atoms with Gasteiger partial charge in [-0.3, -0.25) is 4.79 Å². The SMILES string of the molecule is Cc1cccc(CSc2nnc(NCC(=O)c3cccc(S(=O)(=O)N4CCOCC4)c3)s2)c1. The van der Waals surface area contributed by atoms with Gasteiger partial charge in [0.25, 0.3) is 0 Å². The average molecular weight is 505 g/mol. The van der Waals surface area contributed by atoms with Crippen molar-refractivity contribution in [3.63, 3.8) is 0 Å². The van der Waals surface area contributed by atoms with Crippen LogP contribution in [0.25, 0.3) is 0 Å². The summed E-state index contributed by atoms with van der Waals surface area (Å²) in [4.78, 5) is 12.8. The second kappa shape index (κ2) is 10.7. The van der Waals surface area contributed by atoms with E-state index in [2.05, 4.69) is 40.6 Å². The predicted molar refractivity (Wildman–Crippen MR) is 129 cm³/mol. The summed E-state index contributed by atoms with van der Waals surface area (Å²) < 4.78 is 33.1. The van der Waals surface area contributed by atoms with Crippen molar-refractivity contribution >= 4 is 44.0 Å². The lowest BCUT2D eigenvalue weighted by molar-refractivity contribution is 0.0730. The number of hydrogen-bond donors (Lipinski definition) is 1. The zero-order chi connectivity index (χ0) is 23.3. The van der Waals surface area contributed by atoms with Crippen LogP contribution in [0.2, 0.25) is 0 Å². The zero-order valence-electron chi connectivity index (χ0n) is 18.1. The highest BCUT2D eigenvalue weighted by atomic mass is 32.2. The fourth-order valence-corrected chi connectivity index (χ4v) is 6.46. The zero-order valence-corrected chi connectivity index (χ0v) is 20.5. The normalized spacial score (nSPS) is 14.8. The lowest BCUT2D eigenvalue weighted by atomic mass is 10.1. The summed E-state index contributed by atoms with van der Waals surface area (Å²) in [7, 11) is -3.66. The van der Waals surface area contributed by atoms with Crippen molar-refractivity contribution in [2.24, 2.45) is 0 Å². The number of hydrogen-bond acceptors (Lipinski definition) is 9. The second-order valence-electron chi connectivity index (χ2n) is 7.47. The first-order valence-corrected chi connectivity index (χ1v) is 13.6. The molecule has 1 aliphatic rings. The maximum absolute atomic E-state index is 12.9. The Morgan fingerprint density at radius 3 is 2.73 bits per heavy atom. The number of Topliss-reactive ketones (excluding diaryl/α,β-unsaturated/α-hetero) is 1. The first-order valence-electron chi connectivity index (χ1n) is 10.4. The Morgan fingerprint density at radius 1 is 1.15 bits per heavy atom. The number of aryl methyl sites for hydroxylation is 1. The number of benzene rings is 2. The number of carbonyl (C=O) groups is 1. The van der Waals surface area contributed by atoms with Crippen molar-refractivity contribution in [2.75, 3.05) is 38.2 Å². The van der Waals surface area contributed by atoms with Crippen molar-refractivity contribution in [1.82, 2.24) is 14.5 Å². The Balaban J connectivity index is 1.34. The van der Waals surface area contributed by atoms with Crippen LogP contribution in [0.4, 0.5) is 5.13 Å². The molecule has 0 amide bonds. The van der Waals surface area contributed by atoms with Crippen LogP contribution in [0.3, 0.4) is 0 Å². The van der Waals surface area contributed by atoms with Crippen LogP contribution in [0, 0.1) is 6.92 Å². The van der Waals surface area contributed by atoms with E-state index in [9.17, 15) is 13.2 Å². The van der Waals surface area contributed by atoms with E-state index in [-0.39, 0.29) is 17.2 Å². The number of thioether (sulfide) groups is 1. The van der Waals surface area contributed by atoms with E-state index in [1.54, 1.807) is 23.9 Å². The van der Waals surface area contributed by atoms with E-state index in [0.717, 1.165) is 10.1 Å². The minimum absolute atomic E-state index is 0.00175. The number of carbonyl (C=O) groups excluding carboxylic acids is 1. The Morgan fingerprint density at radius 2 is 1.94 bits per heavy atom. The van der Waals surface area contributed by atoms with Crippen molar-refractivity contribution in [1.29, 1.82) is 0 Å². The first-order chi connectivity index (χ1) is 15.9. The number of nitrogens with one attached hydrogen (secondary N) is 1. The topological polar surface area (TPSA) is 101 Å². The molecule has 11 heteroatoms. The van der Waals surface area contributed by atoms with E-state index in [1.165, 1.54) is 38.9 Å². The lowest BCUT2D eigenvalue weighted by Crippen LogP contribution is -2.40. The van der Waals surface area contributed by atoms with Gasteiger partial charge in [0.05, 0.1) is 24.7 Å². The summed E-state index contributed by atoms with van der Waals surface area (Å²) in [5.41, 5.74) is 2.76. The molecule has 0 saturated carbocycles. The Labute approximate surface area is 201 Å². The summed E-state index contributed by atoms with van der Waals surface area (Å²) in [5.74, 6) is 0.567. The number of nitrogens with zero attached hydrogens (tertiary/aromatic N) is 3. The van der Waals surface area contributed by atoms with Crippen LogP contribution >= 0.6 is 23.1 Å². The smallest absolute Gasteiger partial charge is 0.243 e. The van der Waals surface area contributed by atoms with Gasteiger partial charge in [-0.05, 0) is 24.6 Å². The van der Waals surface area contributed by atoms with E-state index in [1.807, 2.05) is 6.07 Å². The maximum Gasteiger partial charge on any atom is 0.243 e. The molecule has 0 unspecified atom stereocenters. The maximum atomic E-state index is 12.9. The monoisotopic (exact) mass is 504 g/mol. The lowest BCUT2D eigenvalue weighted by Gasteiger charge is -2.26. The molecule has 2 heterocycles. The number of sulfonamides is 1. The van der Waals surface area contributed by atoms with Gasteiger partial charge in [-0.15, -0.1) is 10.2 Å². The van der Waals surface area contributed by atoms with Crippen molar-refractivity contribution < 1.29 is 17.9 Å². The Hall–Kier alpha value is -2.31. The highest BCUT2D eigenvalue weighted by Crippen LogP contribution is 2.28.